The van der Waals surface area contributed by atoms with Crippen LogP contribution in [0.5, 0.6) is 0 Å². The molecule has 2 rings (SSSR count). The van der Waals surface area contributed by atoms with Crippen LogP contribution in [0.4, 0.5) is 13.2 Å². The fourth-order valence-corrected chi connectivity index (χ4v) is 2.18. The van der Waals surface area contributed by atoms with Gasteiger partial charge < -0.3 is 0 Å². The lowest BCUT2D eigenvalue weighted by Gasteiger charge is -2.05. The van der Waals surface area contributed by atoms with Crippen LogP contribution in [0.15, 0.2) is 65.9 Å². The average molecular weight is 340 g/mol. The summed E-state index contributed by atoms with van der Waals surface area (Å²) in [7, 11) is 0. The number of benzene rings is 2. The quantitative estimate of drug-likeness (QED) is 0.339. The van der Waals surface area contributed by atoms with Crippen molar-refractivity contribution in [2.24, 2.45) is 0 Å². The smallest absolute Gasteiger partial charge is 0.166 e. The minimum atomic E-state index is -4.30. The van der Waals surface area contributed by atoms with Gasteiger partial charge in [0.1, 0.15) is 0 Å². The van der Waals surface area contributed by atoms with Gasteiger partial charge in [-0.1, -0.05) is 42.2 Å². The van der Waals surface area contributed by atoms with Gasteiger partial charge >= 0.3 is 6.18 Å². The number of alkyl halides is 3. The van der Waals surface area contributed by atoms with Gasteiger partial charge in [0.25, 0.3) is 0 Å². The van der Waals surface area contributed by atoms with Crippen molar-refractivity contribution < 1.29 is 13.2 Å². The molecule has 0 aromatic heterocycles. The summed E-state index contributed by atoms with van der Waals surface area (Å²) in [5.41, 5.74) is 5.26. The van der Waals surface area contributed by atoms with E-state index in [0.717, 1.165) is 42.5 Å². The second kappa shape index (κ2) is 8.97. The first-order valence-corrected chi connectivity index (χ1v) is 8.08. The lowest BCUT2D eigenvalue weighted by atomic mass is 10.1. The highest BCUT2D eigenvalue weighted by Crippen LogP contribution is 2.29. The van der Waals surface area contributed by atoms with Gasteiger partial charge in [0, 0.05) is 12.0 Å². The average Bonchev–Trinajstić information content (AvgIpc) is 2.60. The minimum absolute atomic E-state index is 0.637. The summed E-state index contributed by atoms with van der Waals surface area (Å²) in [5, 5.41) is 0. The zero-order valence-corrected chi connectivity index (χ0v) is 14.0. The van der Waals surface area contributed by atoms with Crippen molar-refractivity contribution in [3.63, 3.8) is 0 Å². The van der Waals surface area contributed by atoms with E-state index in [1.54, 1.807) is 6.08 Å². The van der Waals surface area contributed by atoms with Gasteiger partial charge in [-0.2, -0.15) is 13.2 Å². The monoisotopic (exact) mass is 340 g/mol. The molecule has 0 bridgehead atoms. The molecule has 0 saturated heterocycles. The van der Waals surface area contributed by atoms with Gasteiger partial charge in [0.05, 0.1) is 5.56 Å². The van der Waals surface area contributed by atoms with Crippen LogP contribution in [0.3, 0.4) is 0 Å². The Hall–Kier alpha value is -2.69. The SMILES string of the molecule is CC(=C=Cc1ccc(C(F)(F)F)cc1)CCCC#Cc1ccccc1. The van der Waals surface area contributed by atoms with Crippen LogP contribution in [0.2, 0.25) is 0 Å². The third-order valence-corrected chi connectivity index (χ3v) is 3.58. The Morgan fingerprint density at radius 1 is 1.00 bits per heavy atom. The molecule has 0 fully saturated rings. The molecule has 0 radical (unpaired) electrons. The van der Waals surface area contributed by atoms with Crippen LogP contribution < -0.4 is 0 Å². The summed E-state index contributed by atoms with van der Waals surface area (Å²) in [5.74, 6) is 6.26. The van der Waals surface area contributed by atoms with Crippen molar-refractivity contribution in [1.29, 1.82) is 0 Å². The molecular weight excluding hydrogens is 321 g/mol. The topological polar surface area (TPSA) is 0 Å². The standard InChI is InChI=1S/C22H19F3/c1-18(8-4-2-5-9-19-10-6-3-7-11-19)12-13-20-14-16-21(17-15-20)22(23,24)25/h3,6-7,10-11,13-17H,2,4,8H2,1H3. The van der Waals surface area contributed by atoms with E-state index in [2.05, 4.69) is 17.6 Å². The molecule has 2 aromatic rings. The zero-order valence-electron chi connectivity index (χ0n) is 14.0. The first kappa shape index (κ1) is 18.6. The van der Waals surface area contributed by atoms with Crippen LogP contribution in [0, 0.1) is 11.8 Å². The van der Waals surface area contributed by atoms with E-state index < -0.39 is 11.7 Å². The van der Waals surface area contributed by atoms with Crippen LogP contribution in [0.25, 0.3) is 6.08 Å². The third kappa shape index (κ3) is 6.75. The first-order chi connectivity index (χ1) is 11.9. The summed E-state index contributed by atoms with van der Waals surface area (Å²) >= 11 is 0. The summed E-state index contributed by atoms with van der Waals surface area (Å²) in [6.45, 7) is 1.96. The predicted octanol–water partition coefficient (Wildman–Crippen LogP) is 6.49. The highest BCUT2D eigenvalue weighted by Gasteiger charge is 2.29. The molecule has 2 aromatic carbocycles. The van der Waals surface area contributed by atoms with Crippen molar-refractivity contribution in [1.82, 2.24) is 0 Å². The summed E-state index contributed by atoms with van der Waals surface area (Å²) in [6, 6.07) is 14.9. The van der Waals surface area contributed by atoms with Crippen LogP contribution in [-0.4, -0.2) is 0 Å². The molecule has 0 atom stereocenters. The molecule has 0 saturated carbocycles. The minimum Gasteiger partial charge on any atom is -0.166 e. The van der Waals surface area contributed by atoms with Gasteiger partial charge in [0.15, 0.2) is 0 Å². The molecule has 3 heteroatoms. The number of halogens is 3. The Bertz CT molecular complexity index is 794. The lowest BCUT2D eigenvalue weighted by molar-refractivity contribution is -0.137. The van der Waals surface area contributed by atoms with E-state index in [9.17, 15) is 13.2 Å². The normalized spacial score (nSPS) is 10.4. The fourth-order valence-electron chi connectivity index (χ4n) is 2.18. The van der Waals surface area contributed by atoms with Crippen LogP contribution in [-0.2, 0) is 6.18 Å². The predicted molar refractivity (Wildman–Crippen MR) is 95.8 cm³/mol. The lowest BCUT2D eigenvalue weighted by Crippen LogP contribution is -2.03. The molecule has 25 heavy (non-hydrogen) atoms. The van der Waals surface area contributed by atoms with Crippen molar-refractivity contribution >= 4 is 6.08 Å². The summed E-state index contributed by atoms with van der Waals surface area (Å²) in [6.07, 6.45) is 0.00817. The Labute approximate surface area is 146 Å². The number of allylic oxidation sites excluding steroid dienone is 1. The maximum absolute atomic E-state index is 12.5. The first-order valence-electron chi connectivity index (χ1n) is 8.08. The second-order valence-corrected chi connectivity index (χ2v) is 5.71. The van der Waals surface area contributed by atoms with E-state index >= 15 is 0 Å². The zero-order chi connectivity index (χ0) is 18.1. The Kier molecular flexibility index (Phi) is 6.69. The van der Waals surface area contributed by atoms with E-state index in [4.69, 9.17) is 0 Å². The largest absolute Gasteiger partial charge is 0.416 e. The van der Waals surface area contributed by atoms with Gasteiger partial charge in [-0.3, -0.25) is 0 Å². The van der Waals surface area contributed by atoms with E-state index in [0.29, 0.717) is 5.56 Å². The van der Waals surface area contributed by atoms with Crippen molar-refractivity contribution in [3.8, 4) is 11.8 Å². The molecule has 0 amide bonds. The maximum atomic E-state index is 12.5. The molecule has 0 spiro atoms. The number of hydrogen-bond acceptors (Lipinski definition) is 0. The summed E-state index contributed by atoms with van der Waals surface area (Å²) in [4.78, 5) is 0. The molecule has 0 heterocycles. The highest BCUT2D eigenvalue weighted by atomic mass is 19.4. The molecule has 0 aliphatic heterocycles. The number of hydrogen-bond donors (Lipinski definition) is 0. The van der Waals surface area contributed by atoms with E-state index in [1.807, 2.05) is 37.3 Å². The fraction of sp³-hybridized carbons (Fsp3) is 0.227. The third-order valence-electron chi connectivity index (χ3n) is 3.58. The Morgan fingerprint density at radius 2 is 1.68 bits per heavy atom. The van der Waals surface area contributed by atoms with Crippen LogP contribution in [0.1, 0.15) is 42.9 Å². The van der Waals surface area contributed by atoms with Gasteiger partial charge in [-0.25, -0.2) is 0 Å². The van der Waals surface area contributed by atoms with Crippen LogP contribution >= 0.6 is 0 Å². The second-order valence-electron chi connectivity index (χ2n) is 5.71. The van der Waals surface area contributed by atoms with E-state index in [-0.39, 0.29) is 0 Å². The Balaban J connectivity index is 1.85. The van der Waals surface area contributed by atoms with E-state index in [1.165, 1.54) is 12.1 Å². The van der Waals surface area contributed by atoms with Gasteiger partial charge in [-0.05, 0) is 61.2 Å². The van der Waals surface area contributed by atoms with Gasteiger partial charge in [0.2, 0.25) is 0 Å². The molecule has 0 aliphatic rings. The number of rotatable bonds is 4. The van der Waals surface area contributed by atoms with Crippen molar-refractivity contribution in [2.45, 2.75) is 32.4 Å². The molecule has 128 valence electrons. The van der Waals surface area contributed by atoms with Crippen molar-refractivity contribution in [2.75, 3.05) is 0 Å². The Morgan fingerprint density at radius 3 is 2.32 bits per heavy atom. The molecule has 0 unspecified atom stereocenters. The van der Waals surface area contributed by atoms with Crippen molar-refractivity contribution in [3.05, 3.63) is 82.6 Å². The maximum Gasteiger partial charge on any atom is 0.416 e. The molecule has 0 nitrogen and oxygen atoms in total. The molecular formula is C22H19F3. The molecule has 0 aliphatic carbocycles. The summed E-state index contributed by atoms with van der Waals surface area (Å²) < 4.78 is 37.5. The number of unbranched alkanes of at least 4 members (excludes halogenated alkanes) is 1. The van der Waals surface area contributed by atoms with Gasteiger partial charge in [-0.15, -0.1) is 5.73 Å². The highest BCUT2D eigenvalue weighted by molar-refractivity contribution is 5.50. The molecule has 0 N–H and O–H groups in total.